The third kappa shape index (κ3) is 12.6. The Labute approximate surface area is 748 Å². The van der Waals surface area contributed by atoms with Gasteiger partial charge in [-0.1, -0.05) is 361 Å². The van der Waals surface area contributed by atoms with Crippen LogP contribution in [0.2, 0.25) is 0 Å². The molecule has 4 heteroatoms. The molecule has 0 N–H and O–H groups in total. The van der Waals surface area contributed by atoms with Crippen molar-refractivity contribution in [2.45, 2.75) is 38.5 Å². The molecule has 24 aromatic rings. The maximum atomic E-state index is 2.39. The fourth-order valence-electron chi connectivity index (χ4n) is 21.4. The van der Waals surface area contributed by atoms with Crippen LogP contribution in [-0.4, -0.2) is 0 Å². The quantitative estimate of drug-likeness (QED) is 0.126. The highest BCUT2D eigenvalue weighted by atomic mass is 32.1. The molecule has 0 saturated carbocycles. The van der Waals surface area contributed by atoms with E-state index in [-0.39, 0.29) is 10.8 Å². The van der Waals surface area contributed by atoms with Crippen LogP contribution in [0.25, 0.3) is 161 Å². The van der Waals surface area contributed by atoms with Gasteiger partial charge >= 0.3 is 0 Å². The van der Waals surface area contributed by atoms with Crippen molar-refractivity contribution in [3.8, 4) is 33.4 Å². The SMILES string of the molecule is CC1(C)c2ccccc2-c2ccc3ccc4ccc5cc(N(c6ccc(-c7ccccc7)cc6)c6ccc7ccccc7c6)ccc5c4c3c21.CC1(C)c2ccccc2-c2ccc3ccc4ccc5cc(N(c6ccccc6)c6ccccc6)ccc5c4c3c21.c1ccc(N(c2ccccc2)c2ccc3c(ccc4ccc5ccc6sc7ccccc7c6c5c43)c2)cc1. The zero-order valence-corrected chi connectivity index (χ0v) is 72.4. The van der Waals surface area contributed by atoms with E-state index in [1.165, 1.54) is 184 Å². The third-order valence-electron chi connectivity index (χ3n) is 27.3. The molecule has 0 radical (unpaired) electrons. The van der Waals surface area contributed by atoms with Crippen molar-refractivity contribution in [3.63, 3.8) is 0 Å². The van der Waals surface area contributed by atoms with E-state index < -0.39 is 0 Å². The minimum atomic E-state index is -0.0966. The van der Waals surface area contributed by atoms with E-state index in [1.807, 2.05) is 11.3 Å². The van der Waals surface area contributed by atoms with Gasteiger partial charge in [0.15, 0.2) is 0 Å². The van der Waals surface area contributed by atoms with Crippen LogP contribution in [0.1, 0.15) is 49.9 Å². The van der Waals surface area contributed by atoms with Crippen LogP contribution < -0.4 is 14.7 Å². The maximum Gasteiger partial charge on any atom is 0.0468 e. The number of rotatable bonds is 10. The van der Waals surface area contributed by atoms with Gasteiger partial charge in [0.1, 0.15) is 0 Å². The van der Waals surface area contributed by atoms with Crippen LogP contribution >= 0.6 is 11.3 Å². The first-order chi connectivity index (χ1) is 63.0. The van der Waals surface area contributed by atoms with Gasteiger partial charge in [0.2, 0.25) is 0 Å². The molecule has 1 heterocycles. The van der Waals surface area contributed by atoms with Crippen molar-refractivity contribution >= 4 is 190 Å². The molecule has 128 heavy (non-hydrogen) atoms. The lowest BCUT2D eigenvalue weighted by Gasteiger charge is -2.27. The number of fused-ring (bicyclic) bond motifs is 28. The van der Waals surface area contributed by atoms with Crippen molar-refractivity contribution in [2.75, 3.05) is 14.7 Å². The van der Waals surface area contributed by atoms with Crippen LogP contribution in [-0.2, 0) is 10.8 Å². The molecule has 1 aromatic heterocycles. The molecule has 26 rings (SSSR count). The summed E-state index contributed by atoms with van der Waals surface area (Å²) < 4.78 is 2.69. The number of benzene rings is 23. The average Bonchev–Trinajstić information content (AvgIpc) is 1.49. The molecular formula is C124H87N3S. The Hall–Kier alpha value is -15.7. The first-order valence-electron chi connectivity index (χ1n) is 44.5. The smallest absolute Gasteiger partial charge is 0.0468 e. The van der Waals surface area contributed by atoms with Gasteiger partial charge in [0.25, 0.3) is 0 Å². The first-order valence-corrected chi connectivity index (χ1v) is 45.3. The van der Waals surface area contributed by atoms with Crippen molar-refractivity contribution in [3.05, 3.63) is 477 Å². The van der Waals surface area contributed by atoms with Crippen LogP contribution in [0.3, 0.4) is 0 Å². The molecule has 2 aliphatic rings. The second-order valence-electron chi connectivity index (χ2n) is 35.3. The Morgan fingerprint density at radius 2 is 0.469 bits per heavy atom. The largest absolute Gasteiger partial charge is 0.310 e. The monoisotopic (exact) mass is 1650 g/mol. The number of hydrogen-bond acceptors (Lipinski definition) is 4. The summed E-state index contributed by atoms with van der Waals surface area (Å²) in [7, 11) is 0. The fourth-order valence-corrected chi connectivity index (χ4v) is 22.6. The van der Waals surface area contributed by atoms with Gasteiger partial charge in [-0.2, -0.15) is 0 Å². The molecule has 604 valence electrons. The van der Waals surface area contributed by atoms with Crippen LogP contribution in [0.5, 0.6) is 0 Å². The summed E-state index contributed by atoms with van der Waals surface area (Å²) in [5.41, 5.74) is 23.7. The zero-order chi connectivity index (χ0) is 85.3. The zero-order valence-electron chi connectivity index (χ0n) is 71.6. The lowest BCUT2D eigenvalue weighted by Crippen LogP contribution is -2.15. The molecule has 0 fully saturated rings. The first kappa shape index (κ1) is 76.0. The van der Waals surface area contributed by atoms with Crippen LogP contribution in [0.15, 0.2) is 455 Å². The normalized spacial score (nSPS) is 12.8. The molecule has 0 saturated heterocycles. The van der Waals surface area contributed by atoms with Crippen LogP contribution in [0, 0.1) is 0 Å². The van der Waals surface area contributed by atoms with E-state index in [0.717, 1.165) is 51.2 Å². The van der Waals surface area contributed by atoms with Gasteiger partial charge in [-0.3, -0.25) is 0 Å². The summed E-state index contributed by atoms with van der Waals surface area (Å²) in [6, 6.07) is 166. The third-order valence-corrected chi connectivity index (χ3v) is 28.5. The highest BCUT2D eigenvalue weighted by molar-refractivity contribution is 7.26. The van der Waals surface area contributed by atoms with Gasteiger partial charge in [0.05, 0.1) is 0 Å². The number of thiophene rings is 1. The van der Waals surface area contributed by atoms with E-state index in [9.17, 15) is 0 Å². The molecule has 23 aromatic carbocycles. The lowest BCUT2D eigenvalue weighted by molar-refractivity contribution is 0.666. The number of nitrogens with zero attached hydrogens (tertiary/aromatic N) is 3. The van der Waals surface area contributed by atoms with Crippen LogP contribution in [0.4, 0.5) is 51.2 Å². The predicted octanol–water partition coefficient (Wildman–Crippen LogP) is 35.6. The molecule has 0 atom stereocenters. The Morgan fingerprint density at radius 1 is 0.172 bits per heavy atom. The molecule has 0 amide bonds. The molecule has 0 unspecified atom stereocenters. The van der Waals surface area contributed by atoms with Crippen molar-refractivity contribution in [1.29, 1.82) is 0 Å². The van der Waals surface area contributed by atoms with Gasteiger partial charge in [0, 0.05) is 82.2 Å². The van der Waals surface area contributed by atoms with Gasteiger partial charge in [-0.15, -0.1) is 11.3 Å². The Balaban J connectivity index is 0.000000108. The van der Waals surface area contributed by atoms with Crippen molar-refractivity contribution in [1.82, 2.24) is 0 Å². The van der Waals surface area contributed by atoms with Gasteiger partial charge < -0.3 is 14.7 Å². The number of hydrogen-bond donors (Lipinski definition) is 0. The Morgan fingerprint density at radius 3 is 0.922 bits per heavy atom. The topological polar surface area (TPSA) is 9.72 Å². The lowest BCUT2D eigenvalue weighted by atomic mass is 9.79. The molecule has 0 aliphatic heterocycles. The van der Waals surface area contributed by atoms with E-state index in [4.69, 9.17) is 0 Å². The summed E-state index contributed by atoms with van der Waals surface area (Å²) in [5.74, 6) is 0. The highest BCUT2D eigenvalue weighted by Crippen LogP contribution is 2.56. The molecule has 2 aliphatic carbocycles. The average molecular weight is 1650 g/mol. The van der Waals surface area contributed by atoms with Crippen molar-refractivity contribution in [2.24, 2.45) is 0 Å². The second-order valence-corrected chi connectivity index (χ2v) is 36.4. The van der Waals surface area contributed by atoms with Gasteiger partial charge in [-0.05, 0) is 285 Å². The standard InChI is InChI=1S/C49H35N.C39H29N.C36H23NS/c1-49(2)45-15-9-8-14-43(45)44-28-23-36-17-16-35-18-19-38-31-41(27-29-42(38)46(35)47(36)48(44)49)50(40-26-22-33-12-6-7-13-37(33)30-40)39-24-20-34(21-25-39)32-10-4-3-5-11-32;1-39(2)35-16-10-9-15-33(35)34-23-21-27-18-17-26-19-20-28-25-31(22-24-32(28)36(26)37(27)38(34)39)40(29-11-5-3-6-12-29)30-13-7-4-8-14-30;1-3-9-27(10-4-1)37(28-11-5-2-6-12-28)29-20-21-30-26(23-29)18-17-24-15-16-25-19-22-33-36(35(25)34(24)30)31-13-7-8-14-32(31)38-33/h3-31H,1-2H3;3-25H,1-2H3;1-23H. The maximum absolute atomic E-state index is 2.39. The Bertz CT molecular complexity index is 8480. The molecule has 0 spiro atoms. The highest BCUT2D eigenvalue weighted by Gasteiger charge is 2.39. The van der Waals surface area contributed by atoms with E-state index in [0.29, 0.717) is 0 Å². The summed E-state index contributed by atoms with van der Waals surface area (Å²) in [4.78, 5) is 7.06. The molecule has 3 nitrogen and oxygen atoms in total. The summed E-state index contributed by atoms with van der Waals surface area (Å²) in [6.45, 7) is 9.56. The predicted molar refractivity (Wildman–Crippen MR) is 552 cm³/mol. The van der Waals surface area contributed by atoms with Gasteiger partial charge in [-0.25, -0.2) is 0 Å². The van der Waals surface area contributed by atoms with E-state index in [2.05, 4.69) is 497 Å². The minimum Gasteiger partial charge on any atom is -0.310 e. The molecule has 0 bridgehead atoms. The second kappa shape index (κ2) is 30.6. The fraction of sp³-hybridized carbons (Fsp3) is 0.0484. The summed E-state index contributed by atoms with van der Waals surface area (Å²) in [5, 5.41) is 28.7. The summed E-state index contributed by atoms with van der Waals surface area (Å²) >= 11 is 1.89. The summed E-state index contributed by atoms with van der Waals surface area (Å²) in [6.07, 6.45) is 0. The van der Waals surface area contributed by atoms with E-state index in [1.54, 1.807) is 0 Å². The molecular weight excluding hydrogens is 1560 g/mol. The number of anilines is 9. The van der Waals surface area contributed by atoms with Crippen molar-refractivity contribution < 1.29 is 0 Å². The van der Waals surface area contributed by atoms with E-state index >= 15 is 0 Å². The minimum absolute atomic E-state index is 0.0702. The Kier molecular flexibility index (Phi) is 18.2. The number of para-hydroxylation sites is 4.